The maximum atomic E-state index is 12.2. The summed E-state index contributed by atoms with van der Waals surface area (Å²) in [5.41, 5.74) is 2.15. The minimum atomic E-state index is -0.227. The van der Waals surface area contributed by atoms with E-state index < -0.39 is 0 Å². The van der Waals surface area contributed by atoms with Crippen molar-refractivity contribution in [3.8, 4) is 0 Å². The highest BCUT2D eigenvalue weighted by molar-refractivity contribution is 6.32. The van der Waals surface area contributed by atoms with Crippen LogP contribution in [0.4, 0.5) is 10.5 Å². The lowest BCUT2D eigenvalue weighted by Gasteiger charge is -2.33. The maximum absolute atomic E-state index is 12.2. The molecule has 0 spiro atoms. The molecule has 2 amide bonds. The lowest BCUT2D eigenvalue weighted by atomic mass is 9.98. The number of likely N-dealkylation sites (tertiary alicyclic amines) is 1. The number of nitrogens with zero attached hydrogens (tertiary/aromatic N) is 2. The Morgan fingerprint density at radius 2 is 1.81 bits per heavy atom. The highest BCUT2D eigenvalue weighted by Gasteiger charge is 2.21. The van der Waals surface area contributed by atoms with Gasteiger partial charge >= 0.3 is 6.03 Å². The molecular weight excluding hydrogens is 383 g/mol. The third-order valence-corrected chi connectivity index (χ3v) is 5.64. The van der Waals surface area contributed by atoms with E-state index >= 15 is 0 Å². The zero-order valence-corrected chi connectivity index (χ0v) is 17.2. The van der Waals surface area contributed by atoms with E-state index in [9.17, 15) is 4.79 Å². The van der Waals surface area contributed by atoms with Crippen molar-refractivity contribution in [3.05, 3.63) is 34.1 Å². The van der Waals surface area contributed by atoms with Crippen molar-refractivity contribution in [2.75, 3.05) is 25.0 Å². The van der Waals surface area contributed by atoms with Gasteiger partial charge in [-0.25, -0.2) is 9.78 Å². The lowest BCUT2D eigenvalue weighted by Crippen LogP contribution is -2.46. The molecule has 0 bridgehead atoms. The molecule has 1 aliphatic carbocycles. The molecule has 0 unspecified atom stereocenters. The number of carbonyl (C=O) groups excluding carboxylic acids is 1. The van der Waals surface area contributed by atoms with E-state index in [1.807, 2.05) is 0 Å². The van der Waals surface area contributed by atoms with Crippen molar-refractivity contribution >= 4 is 34.9 Å². The fourth-order valence-electron chi connectivity index (χ4n) is 3.81. The van der Waals surface area contributed by atoms with E-state index in [-0.39, 0.29) is 22.4 Å². The van der Waals surface area contributed by atoms with Gasteiger partial charge in [0, 0.05) is 31.4 Å². The van der Waals surface area contributed by atoms with Gasteiger partial charge in [0.05, 0.1) is 0 Å². The summed E-state index contributed by atoms with van der Waals surface area (Å²) < 4.78 is 0. The molecule has 5 nitrogen and oxygen atoms in total. The first-order chi connectivity index (χ1) is 13.1. The number of piperidine rings is 1. The minimum Gasteiger partial charge on any atom is -0.335 e. The van der Waals surface area contributed by atoms with Gasteiger partial charge in [-0.2, -0.15) is 0 Å². The average molecular weight is 411 g/mol. The molecule has 1 saturated heterocycles. The minimum absolute atomic E-state index is 0.195. The van der Waals surface area contributed by atoms with Gasteiger partial charge in [0.1, 0.15) is 10.3 Å². The second-order valence-corrected chi connectivity index (χ2v) is 8.24. The summed E-state index contributed by atoms with van der Waals surface area (Å²) in [5.74, 6) is 0. The fraction of sp³-hybridized carbons (Fsp3) is 0.600. The Bertz CT molecular complexity index is 652. The molecule has 27 heavy (non-hydrogen) atoms. The number of halogens is 2. The second-order valence-electron chi connectivity index (χ2n) is 7.47. The summed E-state index contributed by atoms with van der Waals surface area (Å²) >= 11 is 11.7. The van der Waals surface area contributed by atoms with Crippen molar-refractivity contribution in [3.63, 3.8) is 0 Å². The number of hydrogen-bond acceptors (Lipinski definition) is 3. The third kappa shape index (κ3) is 6.98. The van der Waals surface area contributed by atoms with Gasteiger partial charge in [-0.3, -0.25) is 4.90 Å². The maximum Gasteiger partial charge on any atom is 0.319 e. The van der Waals surface area contributed by atoms with E-state index in [1.165, 1.54) is 38.5 Å². The van der Waals surface area contributed by atoms with Crippen LogP contribution in [0.25, 0.3) is 0 Å². The summed E-state index contributed by atoms with van der Waals surface area (Å²) in [6.07, 6.45) is 12.3. The Labute approximate surface area is 171 Å². The van der Waals surface area contributed by atoms with Gasteiger partial charge in [0.15, 0.2) is 0 Å². The normalized spacial score (nSPS) is 21.6. The number of aromatic nitrogens is 1. The van der Waals surface area contributed by atoms with Gasteiger partial charge in [-0.15, -0.1) is 0 Å². The Kier molecular flexibility index (Phi) is 7.80. The van der Waals surface area contributed by atoms with Crippen LogP contribution >= 0.6 is 23.2 Å². The number of amides is 2. The molecule has 148 valence electrons. The number of hydrogen-bond donors (Lipinski definition) is 2. The van der Waals surface area contributed by atoms with Crippen LogP contribution in [0.5, 0.6) is 0 Å². The Balaban J connectivity index is 1.41. The Hall–Kier alpha value is -1.30. The van der Waals surface area contributed by atoms with Crippen LogP contribution < -0.4 is 10.6 Å². The number of carbonyl (C=O) groups is 1. The molecule has 0 radical (unpaired) electrons. The summed E-state index contributed by atoms with van der Waals surface area (Å²) in [7, 11) is 0. The van der Waals surface area contributed by atoms with Gasteiger partial charge in [-0.1, -0.05) is 47.7 Å². The lowest BCUT2D eigenvalue weighted by molar-refractivity contribution is 0.205. The quantitative estimate of drug-likeness (QED) is 0.525. The number of allylic oxidation sites excluding steroid dienone is 1. The van der Waals surface area contributed by atoms with Gasteiger partial charge in [0.25, 0.3) is 0 Å². The summed E-state index contributed by atoms with van der Waals surface area (Å²) in [4.78, 5) is 18.6. The van der Waals surface area contributed by atoms with Crippen LogP contribution in [0.1, 0.15) is 51.4 Å². The number of anilines is 1. The first-order valence-electron chi connectivity index (χ1n) is 9.89. The first-order valence-corrected chi connectivity index (χ1v) is 10.6. The Morgan fingerprint density at radius 3 is 2.56 bits per heavy atom. The van der Waals surface area contributed by atoms with E-state index in [0.717, 1.165) is 32.5 Å². The second kappa shape index (κ2) is 10.3. The van der Waals surface area contributed by atoms with Gasteiger partial charge < -0.3 is 10.6 Å². The van der Waals surface area contributed by atoms with Crippen LogP contribution in [-0.2, 0) is 0 Å². The molecule has 0 atom stereocenters. The average Bonchev–Trinajstić information content (AvgIpc) is 2.57. The molecular formula is C20H28Cl2N4O. The van der Waals surface area contributed by atoms with E-state index in [2.05, 4.69) is 26.6 Å². The number of rotatable bonds is 4. The summed E-state index contributed by atoms with van der Waals surface area (Å²) in [6.45, 7) is 3.14. The van der Waals surface area contributed by atoms with E-state index in [0.29, 0.717) is 5.69 Å². The first kappa shape index (κ1) is 20.4. The summed E-state index contributed by atoms with van der Waals surface area (Å²) in [6, 6.07) is 3.13. The predicted octanol–water partition coefficient (Wildman–Crippen LogP) is 5.25. The Morgan fingerprint density at radius 1 is 1.11 bits per heavy atom. The molecule has 2 aliphatic rings. The van der Waals surface area contributed by atoms with Crippen molar-refractivity contribution in [1.29, 1.82) is 0 Å². The standard InChI is InChI=1S/C20H28Cl2N4O/c21-18-12-17(13-19(22)25-18)24-20(27)23-16-8-10-26(11-9-16)14-15-6-4-2-1-3-5-7-15/h6,12-13,16H,1-5,7-11,14H2,(H2,23,24,25,27)/b15-6+. The SMILES string of the molecule is O=C(Nc1cc(Cl)nc(Cl)c1)NC1CCN(C/C2=C/CCCCCC2)CC1. The van der Waals surface area contributed by atoms with Crippen molar-refractivity contribution in [1.82, 2.24) is 15.2 Å². The monoisotopic (exact) mass is 410 g/mol. The molecule has 0 aromatic carbocycles. The number of urea groups is 1. The topological polar surface area (TPSA) is 57.3 Å². The zero-order chi connectivity index (χ0) is 19.1. The van der Waals surface area contributed by atoms with Crippen LogP contribution in [-0.4, -0.2) is 41.6 Å². The molecule has 1 aromatic rings. The number of nitrogens with one attached hydrogen (secondary N) is 2. The van der Waals surface area contributed by atoms with Crippen LogP contribution in [0.2, 0.25) is 10.3 Å². The molecule has 2 N–H and O–H groups in total. The predicted molar refractivity (Wildman–Crippen MR) is 112 cm³/mol. The van der Waals surface area contributed by atoms with Crippen LogP contribution in [0, 0.1) is 0 Å². The molecule has 1 aliphatic heterocycles. The van der Waals surface area contributed by atoms with Crippen molar-refractivity contribution in [2.45, 2.75) is 57.4 Å². The van der Waals surface area contributed by atoms with Crippen molar-refractivity contribution < 1.29 is 4.79 Å². The van der Waals surface area contributed by atoms with Crippen molar-refractivity contribution in [2.24, 2.45) is 0 Å². The molecule has 1 aromatic heterocycles. The highest BCUT2D eigenvalue weighted by Crippen LogP contribution is 2.21. The molecule has 2 heterocycles. The fourth-order valence-corrected chi connectivity index (χ4v) is 4.27. The third-order valence-electron chi connectivity index (χ3n) is 5.26. The van der Waals surface area contributed by atoms with Gasteiger partial charge in [0.2, 0.25) is 0 Å². The molecule has 1 fully saturated rings. The van der Waals surface area contributed by atoms with Crippen LogP contribution in [0.15, 0.2) is 23.8 Å². The molecule has 0 saturated carbocycles. The smallest absolute Gasteiger partial charge is 0.319 e. The van der Waals surface area contributed by atoms with E-state index in [1.54, 1.807) is 17.7 Å². The molecule has 3 rings (SSSR count). The molecule has 7 heteroatoms. The highest BCUT2D eigenvalue weighted by atomic mass is 35.5. The zero-order valence-electron chi connectivity index (χ0n) is 15.6. The number of pyridine rings is 1. The van der Waals surface area contributed by atoms with Crippen LogP contribution in [0.3, 0.4) is 0 Å². The summed E-state index contributed by atoms with van der Waals surface area (Å²) in [5, 5.41) is 6.35. The van der Waals surface area contributed by atoms with Gasteiger partial charge in [-0.05, 0) is 50.7 Å². The largest absolute Gasteiger partial charge is 0.335 e. The van der Waals surface area contributed by atoms with E-state index in [4.69, 9.17) is 23.2 Å².